The van der Waals surface area contributed by atoms with E-state index in [0.717, 1.165) is 16.1 Å². The van der Waals surface area contributed by atoms with Gasteiger partial charge in [-0.1, -0.05) is 54.2 Å². The maximum atomic E-state index is 12.9. The van der Waals surface area contributed by atoms with Gasteiger partial charge in [0.05, 0.1) is 22.9 Å². The van der Waals surface area contributed by atoms with Crippen molar-refractivity contribution in [2.75, 3.05) is 11.5 Å². The Morgan fingerprint density at radius 1 is 1.16 bits per heavy atom. The summed E-state index contributed by atoms with van der Waals surface area (Å²) in [6.07, 6.45) is 0.260. The van der Waals surface area contributed by atoms with Crippen molar-refractivity contribution in [1.29, 1.82) is 0 Å². The van der Waals surface area contributed by atoms with E-state index in [1.807, 2.05) is 54.6 Å². The number of benzene rings is 2. The number of rotatable bonds is 3. The van der Waals surface area contributed by atoms with Gasteiger partial charge in [-0.05, 0) is 24.6 Å². The molecule has 2 aromatic carbocycles. The van der Waals surface area contributed by atoms with Crippen molar-refractivity contribution < 1.29 is 14.3 Å². The molecule has 126 valence electrons. The first kappa shape index (κ1) is 16.0. The molecule has 5 heteroatoms. The van der Waals surface area contributed by atoms with Crippen LogP contribution in [0.25, 0.3) is 0 Å². The van der Waals surface area contributed by atoms with Gasteiger partial charge in [-0.3, -0.25) is 9.69 Å². The number of fused-ring (bicyclic) bond motifs is 3. The van der Waals surface area contributed by atoms with Crippen LogP contribution in [0.4, 0.5) is 5.69 Å². The van der Waals surface area contributed by atoms with Crippen LogP contribution in [0.15, 0.2) is 70.1 Å². The second kappa shape index (κ2) is 6.41. The number of carbonyl (C=O) groups excluding carboxylic acids is 2. The summed E-state index contributed by atoms with van der Waals surface area (Å²) in [7, 11) is 0. The number of para-hydroxylation sites is 1. The lowest BCUT2D eigenvalue weighted by Crippen LogP contribution is -2.36. The van der Waals surface area contributed by atoms with E-state index in [9.17, 15) is 9.59 Å². The fourth-order valence-corrected chi connectivity index (χ4v) is 4.58. The first-order chi connectivity index (χ1) is 12.2. The number of nitrogens with zero attached hydrogens (tertiary/aromatic N) is 1. The molecule has 2 aromatic rings. The van der Waals surface area contributed by atoms with Crippen molar-refractivity contribution >= 4 is 29.3 Å². The van der Waals surface area contributed by atoms with Crippen LogP contribution >= 0.6 is 11.8 Å². The van der Waals surface area contributed by atoms with E-state index in [1.54, 1.807) is 11.8 Å². The molecule has 0 saturated heterocycles. The van der Waals surface area contributed by atoms with Crippen LogP contribution in [-0.2, 0) is 14.3 Å². The van der Waals surface area contributed by atoms with Gasteiger partial charge >= 0.3 is 5.97 Å². The van der Waals surface area contributed by atoms with E-state index in [-0.39, 0.29) is 24.2 Å². The fraction of sp³-hybridized carbons (Fsp3) is 0.200. The molecule has 4 nitrogen and oxygen atoms in total. The third-order valence-electron chi connectivity index (χ3n) is 4.42. The Labute approximate surface area is 150 Å². The van der Waals surface area contributed by atoms with E-state index in [1.165, 1.54) is 11.8 Å². The molecule has 0 fully saturated rings. The van der Waals surface area contributed by atoms with Gasteiger partial charge in [0.2, 0.25) is 5.91 Å². The summed E-state index contributed by atoms with van der Waals surface area (Å²) in [4.78, 5) is 28.3. The number of carbonyl (C=O) groups is 2. The molecule has 0 spiro atoms. The van der Waals surface area contributed by atoms with Crippen molar-refractivity contribution in [2.24, 2.45) is 0 Å². The van der Waals surface area contributed by atoms with Crippen molar-refractivity contribution in [3.8, 4) is 0 Å². The molecule has 0 unspecified atom stereocenters. The Morgan fingerprint density at radius 2 is 1.88 bits per heavy atom. The summed E-state index contributed by atoms with van der Waals surface area (Å²) in [6.45, 7) is 2.10. The van der Waals surface area contributed by atoms with Gasteiger partial charge in [0, 0.05) is 17.2 Å². The number of amides is 1. The molecule has 2 aliphatic rings. The molecule has 0 saturated carbocycles. The predicted octanol–water partition coefficient (Wildman–Crippen LogP) is 4.09. The quantitative estimate of drug-likeness (QED) is 0.782. The van der Waals surface area contributed by atoms with Crippen molar-refractivity contribution in [1.82, 2.24) is 0 Å². The van der Waals surface area contributed by atoms with Crippen LogP contribution in [0.1, 0.15) is 24.8 Å². The smallest absolute Gasteiger partial charge is 0.337 e. The van der Waals surface area contributed by atoms with Crippen LogP contribution in [0.5, 0.6) is 0 Å². The van der Waals surface area contributed by atoms with Crippen LogP contribution < -0.4 is 4.90 Å². The fourth-order valence-electron chi connectivity index (χ4n) is 3.34. The molecule has 0 aliphatic carbocycles. The second-order valence-electron chi connectivity index (χ2n) is 5.91. The van der Waals surface area contributed by atoms with E-state index >= 15 is 0 Å². The van der Waals surface area contributed by atoms with Gasteiger partial charge in [0.1, 0.15) is 0 Å². The normalized spacial score (nSPS) is 18.8. The lowest BCUT2D eigenvalue weighted by Gasteiger charge is -2.31. The maximum Gasteiger partial charge on any atom is 0.337 e. The number of hydrogen-bond acceptors (Lipinski definition) is 4. The number of ether oxygens (including phenoxy) is 1. The van der Waals surface area contributed by atoms with Gasteiger partial charge in [-0.25, -0.2) is 4.79 Å². The standard InChI is InChI=1S/C20H17NO3S/c1-2-24-20(23)18-14(13-8-4-3-5-9-13)12-17(22)21-15-10-6-7-11-16(15)25-19(18)21/h3-11,14H,2,12H2,1H3/t14-/m0/s1. The Morgan fingerprint density at radius 3 is 2.64 bits per heavy atom. The highest BCUT2D eigenvalue weighted by molar-refractivity contribution is 8.03. The number of thioether (sulfide) groups is 1. The SMILES string of the molecule is CCOC(=O)C1=C2Sc3ccccc3N2C(=O)C[C@H]1c1ccccc1. The number of anilines is 1. The highest BCUT2D eigenvalue weighted by atomic mass is 32.2. The summed E-state index contributed by atoms with van der Waals surface area (Å²) in [5.41, 5.74) is 2.39. The van der Waals surface area contributed by atoms with Crippen molar-refractivity contribution in [3.63, 3.8) is 0 Å². The summed E-state index contributed by atoms with van der Waals surface area (Å²) in [5, 5.41) is 0.685. The lowest BCUT2D eigenvalue weighted by atomic mass is 9.85. The molecular weight excluding hydrogens is 334 g/mol. The third-order valence-corrected chi connectivity index (χ3v) is 5.58. The van der Waals surface area contributed by atoms with Gasteiger partial charge in [-0.2, -0.15) is 0 Å². The Bertz CT molecular complexity index is 876. The monoisotopic (exact) mass is 351 g/mol. The zero-order valence-corrected chi connectivity index (χ0v) is 14.6. The largest absolute Gasteiger partial charge is 0.463 e. The van der Waals surface area contributed by atoms with Crippen LogP contribution in [0.2, 0.25) is 0 Å². The number of hydrogen-bond donors (Lipinski definition) is 0. The minimum Gasteiger partial charge on any atom is -0.463 e. The van der Waals surface area contributed by atoms with E-state index in [2.05, 4.69) is 0 Å². The molecule has 25 heavy (non-hydrogen) atoms. The van der Waals surface area contributed by atoms with Crippen molar-refractivity contribution in [3.05, 3.63) is 70.8 Å². The van der Waals surface area contributed by atoms with Gasteiger partial charge in [0.15, 0.2) is 0 Å². The van der Waals surface area contributed by atoms with Gasteiger partial charge in [-0.15, -0.1) is 0 Å². The summed E-state index contributed by atoms with van der Waals surface area (Å²) in [5.74, 6) is -0.612. The van der Waals surface area contributed by atoms with E-state index in [0.29, 0.717) is 17.2 Å². The van der Waals surface area contributed by atoms with Crippen LogP contribution in [0, 0.1) is 0 Å². The average molecular weight is 351 g/mol. The lowest BCUT2D eigenvalue weighted by molar-refractivity contribution is -0.139. The molecule has 0 aromatic heterocycles. The second-order valence-corrected chi connectivity index (χ2v) is 6.94. The van der Waals surface area contributed by atoms with E-state index < -0.39 is 0 Å². The minimum absolute atomic E-state index is 0.00866. The van der Waals surface area contributed by atoms with Gasteiger partial charge in [0.25, 0.3) is 0 Å². The zero-order valence-electron chi connectivity index (χ0n) is 13.8. The zero-order chi connectivity index (χ0) is 17.4. The van der Waals surface area contributed by atoms with Gasteiger partial charge < -0.3 is 4.74 Å². The minimum atomic E-state index is -0.343. The maximum absolute atomic E-state index is 12.9. The molecule has 2 aliphatic heterocycles. The molecular formula is C20H17NO3S. The van der Waals surface area contributed by atoms with Crippen LogP contribution in [-0.4, -0.2) is 18.5 Å². The molecule has 1 atom stereocenters. The molecule has 0 N–H and O–H groups in total. The Hall–Kier alpha value is -2.53. The first-order valence-electron chi connectivity index (χ1n) is 8.26. The molecule has 2 heterocycles. The Balaban J connectivity index is 1.88. The number of esters is 1. The van der Waals surface area contributed by atoms with Crippen molar-refractivity contribution in [2.45, 2.75) is 24.2 Å². The molecule has 0 bridgehead atoms. The first-order valence-corrected chi connectivity index (χ1v) is 9.08. The van der Waals surface area contributed by atoms with E-state index in [4.69, 9.17) is 4.74 Å². The summed E-state index contributed by atoms with van der Waals surface area (Å²) < 4.78 is 5.33. The predicted molar refractivity (Wildman–Crippen MR) is 97.2 cm³/mol. The molecule has 0 radical (unpaired) electrons. The summed E-state index contributed by atoms with van der Waals surface area (Å²) >= 11 is 1.47. The Kier molecular flexibility index (Phi) is 4.09. The highest BCUT2D eigenvalue weighted by Gasteiger charge is 2.43. The summed E-state index contributed by atoms with van der Waals surface area (Å²) in [6, 6.07) is 17.4. The average Bonchev–Trinajstić information content (AvgIpc) is 3.02. The molecule has 4 rings (SSSR count). The molecule has 1 amide bonds. The highest BCUT2D eigenvalue weighted by Crippen LogP contribution is 2.52. The van der Waals surface area contributed by atoms with Crippen LogP contribution in [0.3, 0.4) is 0 Å². The topological polar surface area (TPSA) is 46.6 Å². The third kappa shape index (κ3) is 2.65.